The summed E-state index contributed by atoms with van der Waals surface area (Å²) in [5, 5.41) is 7.60. The first-order chi connectivity index (χ1) is 12.0. The monoisotopic (exact) mass is 343 g/mol. The van der Waals surface area contributed by atoms with Gasteiger partial charge in [-0.2, -0.15) is 5.10 Å². The van der Waals surface area contributed by atoms with Gasteiger partial charge in [-0.25, -0.2) is 4.39 Å². The maximum absolute atomic E-state index is 13.3. The van der Waals surface area contributed by atoms with Crippen LogP contribution in [0, 0.1) is 11.7 Å². The van der Waals surface area contributed by atoms with Crippen LogP contribution in [0.5, 0.6) is 0 Å². The lowest BCUT2D eigenvalue weighted by Crippen LogP contribution is -2.18. The van der Waals surface area contributed by atoms with Crippen molar-refractivity contribution in [2.24, 2.45) is 13.0 Å². The van der Waals surface area contributed by atoms with Crippen LogP contribution in [0.4, 0.5) is 10.2 Å². The molecule has 1 aromatic heterocycles. The van der Waals surface area contributed by atoms with E-state index in [9.17, 15) is 9.18 Å². The minimum absolute atomic E-state index is 0.0127. The molecule has 1 amide bonds. The molecule has 0 saturated heterocycles. The summed E-state index contributed by atoms with van der Waals surface area (Å²) in [5.41, 5.74) is 3.00. The Balaban J connectivity index is 1.94. The van der Waals surface area contributed by atoms with Crippen LogP contribution in [0.3, 0.4) is 0 Å². The summed E-state index contributed by atoms with van der Waals surface area (Å²) in [6, 6.07) is 6.49. The second-order valence-electron chi connectivity index (χ2n) is 7.13. The summed E-state index contributed by atoms with van der Waals surface area (Å²) in [5.74, 6) is 1.19. The normalized spacial score (nSPS) is 15.7. The Bertz CT molecular complexity index is 747. The highest BCUT2D eigenvalue weighted by Crippen LogP contribution is 2.44. The second-order valence-corrected chi connectivity index (χ2v) is 7.13. The molecule has 0 unspecified atom stereocenters. The largest absolute Gasteiger partial charge is 0.309 e. The van der Waals surface area contributed by atoms with Crippen molar-refractivity contribution in [2.75, 3.05) is 5.32 Å². The summed E-state index contributed by atoms with van der Waals surface area (Å²) < 4.78 is 15.1. The van der Waals surface area contributed by atoms with Crippen LogP contribution in [0.25, 0.3) is 11.3 Å². The number of carbonyl (C=O) groups is 1. The van der Waals surface area contributed by atoms with Gasteiger partial charge in [-0.05, 0) is 48.9 Å². The van der Waals surface area contributed by atoms with Crippen LogP contribution in [0.1, 0.15) is 57.4 Å². The van der Waals surface area contributed by atoms with Crippen molar-refractivity contribution >= 4 is 11.7 Å². The maximum Gasteiger partial charge on any atom is 0.225 e. The van der Waals surface area contributed by atoms with Gasteiger partial charge in [0.15, 0.2) is 5.82 Å². The molecule has 1 atom stereocenters. The van der Waals surface area contributed by atoms with Gasteiger partial charge >= 0.3 is 0 Å². The lowest BCUT2D eigenvalue weighted by Gasteiger charge is -2.27. The second kappa shape index (κ2) is 7.38. The highest BCUT2D eigenvalue weighted by atomic mass is 19.1. The number of hydrogen-bond donors (Lipinski definition) is 1. The quantitative estimate of drug-likeness (QED) is 0.813. The Morgan fingerprint density at radius 3 is 2.60 bits per heavy atom. The van der Waals surface area contributed by atoms with Gasteiger partial charge in [-0.3, -0.25) is 9.48 Å². The summed E-state index contributed by atoms with van der Waals surface area (Å²) in [4.78, 5) is 12.4. The van der Waals surface area contributed by atoms with Crippen molar-refractivity contribution in [1.29, 1.82) is 0 Å². The molecule has 0 spiro atoms. The number of aryl methyl sites for hydroxylation is 1. The standard InChI is InChI=1S/C20H26FN3O/c1-4-13(2)12-17(25)22-20-18(14-6-5-7-14)19(24(3)23-20)15-8-10-16(21)11-9-15/h8-11,13-14H,4-7,12H2,1-3H3,(H,22,23,25)/t13-/m0/s1. The summed E-state index contributed by atoms with van der Waals surface area (Å²) in [6.45, 7) is 4.17. The maximum atomic E-state index is 13.3. The number of amides is 1. The van der Waals surface area contributed by atoms with E-state index in [2.05, 4.69) is 24.3 Å². The van der Waals surface area contributed by atoms with Crippen molar-refractivity contribution in [3.8, 4) is 11.3 Å². The molecule has 1 heterocycles. The van der Waals surface area contributed by atoms with Crippen molar-refractivity contribution in [2.45, 2.75) is 51.9 Å². The number of nitrogens with zero attached hydrogens (tertiary/aromatic N) is 2. The minimum Gasteiger partial charge on any atom is -0.309 e. The Morgan fingerprint density at radius 2 is 2.04 bits per heavy atom. The molecule has 3 rings (SSSR count). The third kappa shape index (κ3) is 3.75. The van der Waals surface area contributed by atoms with Crippen LogP contribution in [-0.4, -0.2) is 15.7 Å². The van der Waals surface area contributed by atoms with E-state index in [1.165, 1.54) is 18.6 Å². The first-order valence-corrected chi connectivity index (χ1v) is 9.12. The lowest BCUT2D eigenvalue weighted by molar-refractivity contribution is -0.117. The number of aromatic nitrogens is 2. The third-order valence-corrected chi connectivity index (χ3v) is 5.20. The molecule has 1 aliphatic rings. The number of benzene rings is 1. The molecule has 2 aromatic rings. The van der Waals surface area contributed by atoms with Crippen LogP contribution >= 0.6 is 0 Å². The molecular formula is C20H26FN3O. The van der Waals surface area contributed by atoms with E-state index in [1.54, 1.807) is 16.8 Å². The van der Waals surface area contributed by atoms with Crippen molar-refractivity contribution in [1.82, 2.24) is 9.78 Å². The molecule has 1 N–H and O–H groups in total. The van der Waals surface area contributed by atoms with E-state index in [1.807, 2.05) is 7.05 Å². The van der Waals surface area contributed by atoms with Gasteiger partial charge in [0.05, 0.1) is 5.69 Å². The average molecular weight is 343 g/mol. The van der Waals surface area contributed by atoms with Crippen LogP contribution in [0.15, 0.2) is 24.3 Å². The summed E-state index contributed by atoms with van der Waals surface area (Å²) >= 11 is 0. The van der Waals surface area contributed by atoms with Crippen molar-refractivity contribution in [3.63, 3.8) is 0 Å². The molecule has 134 valence electrons. The minimum atomic E-state index is -0.252. The molecule has 1 fully saturated rings. The first kappa shape index (κ1) is 17.6. The van der Waals surface area contributed by atoms with E-state index in [-0.39, 0.29) is 11.7 Å². The number of nitrogens with one attached hydrogen (secondary N) is 1. The Hall–Kier alpha value is -2.17. The predicted octanol–water partition coefficient (Wildman–Crippen LogP) is 4.87. The molecule has 1 aliphatic carbocycles. The first-order valence-electron chi connectivity index (χ1n) is 9.12. The van der Waals surface area contributed by atoms with E-state index in [0.717, 1.165) is 36.1 Å². The molecular weight excluding hydrogens is 317 g/mol. The molecule has 25 heavy (non-hydrogen) atoms. The van der Waals surface area contributed by atoms with E-state index >= 15 is 0 Å². The molecule has 0 bridgehead atoms. The average Bonchev–Trinajstić information content (AvgIpc) is 2.82. The molecule has 0 radical (unpaired) electrons. The number of halogens is 1. The predicted molar refractivity (Wildman–Crippen MR) is 97.9 cm³/mol. The van der Waals surface area contributed by atoms with Gasteiger partial charge in [-0.15, -0.1) is 0 Å². The van der Waals surface area contributed by atoms with Gasteiger partial charge < -0.3 is 5.32 Å². The van der Waals surface area contributed by atoms with Gasteiger partial charge in [-0.1, -0.05) is 26.7 Å². The SMILES string of the molecule is CC[C@H](C)CC(=O)Nc1nn(C)c(-c2ccc(F)cc2)c1C1CCC1. The van der Waals surface area contributed by atoms with Crippen LogP contribution in [0.2, 0.25) is 0 Å². The lowest BCUT2D eigenvalue weighted by atomic mass is 9.79. The van der Waals surface area contributed by atoms with Crippen molar-refractivity contribution in [3.05, 3.63) is 35.6 Å². The van der Waals surface area contributed by atoms with E-state index in [4.69, 9.17) is 0 Å². The molecule has 0 aliphatic heterocycles. The smallest absolute Gasteiger partial charge is 0.225 e. The molecule has 1 saturated carbocycles. The fourth-order valence-corrected chi connectivity index (χ4v) is 3.31. The molecule has 1 aromatic carbocycles. The van der Waals surface area contributed by atoms with Gasteiger partial charge in [0.2, 0.25) is 5.91 Å². The van der Waals surface area contributed by atoms with Crippen LogP contribution in [-0.2, 0) is 11.8 Å². The fourth-order valence-electron chi connectivity index (χ4n) is 3.31. The number of anilines is 1. The van der Waals surface area contributed by atoms with Gasteiger partial charge in [0.1, 0.15) is 5.82 Å². The highest BCUT2D eigenvalue weighted by molar-refractivity contribution is 5.92. The summed E-state index contributed by atoms with van der Waals surface area (Å²) in [7, 11) is 1.88. The molecule has 5 heteroatoms. The zero-order valence-corrected chi connectivity index (χ0v) is 15.2. The number of rotatable bonds is 6. The third-order valence-electron chi connectivity index (χ3n) is 5.20. The number of carbonyl (C=O) groups excluding carboxylic acids is 1. The Labute approximate surface area is 148 Å². The van der Waals surface area contributed by atoms with E-state index in [0.29, 0.717) is 24.1 Å². The topological polar surface area (TPSA) is 46.9 Å². The Morgan fingerprint density at radius 1 is 1.36 bits per heavy atom. The summed E-state index contributed by atoms with van der Waals surface area (Å²) in [6.07, 6.45) is 4.89. The fraction of sp³-hybridized carbons (Fsp3) is 0.500. The zero-order chi connectivity index (χ0) is 18.0. The van der Waals surface area contributed by atoms with Gasteiger partial charge in [0, 0.05) is 24.6 Å². The Kier molecular flexibility index (Phi) is 5.21. The van der Waals surface area contributed by atoms with E-state index < -0.39 is 0 Å². The number of hydrogen-bond acceptors (Lipinski definition) is 2. The van der Waals surface area contributed by atoms with Crippen LogP contribution < -0.4 is 5.32 Å². The molecule has 4 nitrogen and oxygen atoms in total. The van der Waals surface area contributed by atoms with Crippen molar-refractivity contribution < 1.29 is 9.18 Å². The zero-order valence-electron chi connectivity index (χ0n) is 15.2. The van der Waals surface area contributed by atoms with Gasteiger partial charge in [0.25, 0.3) is 0 Å². The highest BCUT2D eigenvalue weighted by Gasteiger charge is 2.30.